The molecule has 0 unspecified atom stereocenters. The zero-order chi connectivity index (χ0) is 43.9. The lowest BCUT2D eigenvalue weighted by Crippen LogP contribution is -2.47. The lowest BCUT2D eigenvalue weighted by Gasteiger charge is -2.39. The number of nitrogens with zero attached hydrogens (tertiary/aromatic N) is 6. The van der Waals surface area contributed by atoms with Gasteiger partial charge in [0.05, 0.1) is 27.9 Å². The van der Waals surface area contributed by atoms with Crippen molar-refractivity contribution in [3.8, 4) is 11.4 Å². The standard InChI is InChI=1S/C46H48ClFN8O6S/c1-45(2)13-11-32(37(26-45)30-3-5-33(47)6-4-30)28-54-17-19-55(20-18-54)34-7-9-36(40(24-34)56-41-23-31-12-16-49-43(31)51-39(41)27-50-56)44(57)53-63(59,60)35-8-10-42(38(25-35)52-58)62-29-46(48)14-21-61-22-15-46/h3-10,12,16,23-25,27H,11,13-15,17-22,26,28-29H2,1-2H3,(H,49,51)(H,53,57). The molecule has 0 radical (unpaired) electrons. The number of fused-ring (bicyclic) bond motifs is 2. The molecule has 14 nitrogen and oxygen atoms in total. The summed E-state index contributed by atoms with van der Waals surface area (Å²) in [6.07, 6.45) is 6.83. The minimum Gasteiger partial charge on any atom is -0.488 e. The second kappa shape index (κ2) is 17.1. The number of pyridine rings is 1. The molecule has 328 valence electrons. The van der Waals surface area contributed by atoms with Crippen LogP contribution >= 0.6 is 11.6 Å². The number of amides is 1. The van der Waals surface area contributed by atoms with Crippen molar-refractivity contribution in [2.45, 2.75) is 56.5 Å². The highest BCUT2D eigenvalue weighted by molar-refractivity contribution is 7.90. The van der Waals surface area contributed by atoms with Crippen molar-refractivity contribution < 1.29 is 27.1 Å². The van der Waals surface area contributed by atoms with Gasteiger partial charge in [-0.2, -0.15) is 5.10 Å². The van der Waals surface area contributed by atoms with E-state index in [9.17, 15) is 18.1 Å². The van der Waals surface area contributed by atoms with Gasteiger partial charge in [0, 0.05) is 81.1 Å². The number of benzene rings is 3. The largest absolute Gasteiger partial charge is 0.488 e. The number of alkyl halides is 1. The Balaban J connectivity index is 0.970. The van der Waals surface area contributed by atoms with Crippen LogP contribution in [0.2, 0.25) is 5.02 Å². The van der Waals surface area contributed by atoms with Crippen molar-refractivity contribution in [2.75, 3.05) is 57.4 Å². The fourth-order valence-corrected chi connectivity index (χ4v) is 9.89. The minimum absolute atomic E-state index is 0.0420. The summed E-state index contributed by atoms with van der Waals surface area (Å²) in [4.78, 5) is 38.2. The Morgan fingerprint density at radius 1 is 1.00 bits per heavy atom. The van der Waals surface area contributed by atoms with E-state index in [2.05, 4.69) is 55.8 Å². The molecule has 1 amide bonds. The van der Waals surface area contributed by atoms with E-state index in [-0.39, 0.29) is 55.1 Å². The first kappa shape index (κ1) is 42.6. The van der Waals surface area contributed by atoms with Gasteiger partial charge in [0.2, 0.25) is 0 Å². The molecule has 3 aliphatic rings. The van der Waals surface area contributed by atoms with Crippen LogP contribution in [0.5, 0.6) is 5.75 Å². The smallest absolute Gasteiger partial charge is 0.267 e. The Kier molecular flexibility index (Phi) is 11.6. The number of sulfonamides is 1. The van der Waals surface area contributed by atoms with Crippen LogP contribution in [0, 0.1) is 10.3 Å². The number of ether oxygens (including phenoxy) is 2. The van der Waals surface area contributed by atoms with Gasteiger partial charge in [-0.05, 0) is 102 Å². The molecular formula is C46H48ClFN8O6S. The second-order valence-electron chi connectivity index (χ2n) is 17.5. The van der Waals surface area contributed by atoms with Gasteiger partial charge in [0.15, 0.2) is 5.69 Å². The molecule has 1 aliphatic carbocycles. The highest BCUT2D eigenvalue weighted by Crippen LogP contribution is 2.43. The Bertz CT molecular complexity index is 2850. The molecule has 17 heteroatoms. The summed E-state index contributed by atoms with van der Waals surface area (Å²) in [5, 5.41) is 9.15. The van der Waals surface area contributed by atoms with Gasteiger partial charge >= 0.3 is 0 Å². The van der Waals surface area contributed by atoms with Gasteiger partial charge in [-0.1, -0.05) is 43.2 Å². The maximum Gasteiger partial charge on any atom is 0.267 e. The first-order valence-corrected chi connectivity index (χ1v) is 23.0. The van der Waals surface area contributed by atoms with E-state index >= 15 is 4.39 Å². The fourth-order valence-electron chi connectivity index (χ4n) is 8.78. The molecule has 5 heterocycles. The van der Waals surface area contributed by atoms with Crippen LogP contribution in [0.4, 0.5) is 15.8 Å². The molecule has 0 spiro atoms. The third kappa shape index (κ3) is 9.08. The number of anilines is 1. The number of nitroso groups, excluding NO2 is 1. The van der Waals surface area contributed by atoms with Crippen LogP contribution < -0.4 is 14.4 Å². The van der Waals surface area contributed by atoms with Crippen molar-refractivity contribution >= 4 is 66.5 Å². The maximum absolute atomic E-state index is 15.2. The van der Waals surface area contributed by atoms with Crippen LogP contribution in [-0.2, 0) is 14.8 Å². The minimum atomic E-state index is -4.55. The van der Waals surface area contributed by atoms with Gasteiger partial charge < -0.3 is 19.4 Å². The molecule has 2 fully saturated rings. The second-order valence-corrected chi connectivity index (χ2v) is 19.6. The van der Waals surface area contributed by atoms with Gasteiger partial charge in [-0.25, -0.2) is 27.2 Å². The van der Waals surface area contributed by atoms with E-state index in [1.54, 1.807) is 23.1 Å². The van der Waals surface area contributed by atoms with Crippen LogP contribution in [0.25, 0.3) is 33.3 Å². The molecule has 2 N–H and O–H groups in total. The van der Waals surface area contributed by atoms with E-state index in [4.69, 9.17) is 26.1 Å². The number of hydrogen-bond acceptors (Lipinski definition) is 11. The summed E-state index contributed by atoms with van der Waals surface area (Å²) in [6, 6.07) is 20.6. The zero-order valence-corrected chi connectivity index (χ0v) is 36.6. The normalized spacial score (nSPS) is 18.2. The summed E-state index contributed by atoms with van der Waals surface area (Å²) < 4.78 is 57.3. The predicted molar refractivity (Wildman–Crippen MR) is 241 cm³/mol. The highest BCUT2D eigenvalue weighted by atomic mass is 35.5. The molecule has 2 saturated heterocycles. The Morgan fingerprint density at radius 2 is 1.78 bits per heavy atom. The van der Waals surface area contributed by atoms with Gasteiger partial charge in [0.25, 0.3) is 15.9 Å². The van der Waals surface area contributed by atoms with Crippen molar-refractivity contribution in [2.24, 2.45) is 10.6 Å². The van der Waals surface area contributed by atoms with E-state index in [0.717, 1.165) is 74.1 Å². The molecule has 2 aliphatic heterocycles. The SMILES string of the molecule is CC1(C)CCC(CN2CCN(c3ccc(C(=O)NS(=O)(=O)c4ccc(OCC5(F)CCOCC5)c(N=O)c4)c(-n4ncc5nc6[nH]ccc6cc54)c3)CC2)=C(c2ccc(Cl)cc2)C1. The van der Waals surface area contributed by atoms with E-state index in [1.807, 2.05) is 36.4 Å². The van der Waals surface area contributed by atoms with Crippen LogP contribution in [0.15, 0.2) is 101 Å². The summed E-state index contributed by atoms with van der Waals surface area (Å²) in [5.74, 6) is -0.994. The number of aromatic amines is 1. The first-order valence-electron chi connectivity index (χ1n) is 21.1. The molecule has 63 heavy (non-hydrogen) atoms. The number of hydrogen-bond donors (Lipinski definition) is 2. The maximum atomic E-state index is 15.2. The number of rotatable bonds is 12. The third-order valence-electron chi connectivity index (χ3n) is 12.5. The summed E-state index contributed by atoms with van der Waals surface area (Å²) in [7, 11) is -4.55. The monoisotopic (exact) mass is 894 g/mol. The highest BCUT2D eigenvalue weighted by Gasteiger charge is 2.34. The molecule has 3 aromatic carbocycles. The molecule has 0 bridgehead atoms. The molecule has 0 saturated carbocycles. The van der Waals surface area contributed by atoms with Gasteiger partial charge in [-0.3, -0.25) is 9.69 Å². The number of nitrogens with one attached hydrogen (secondary N) is 2. The van der Waals surface area contributed by atoms with Crippen molar-refractivity contribution in [3.05, 3.63) is 112 Å². The third-order valence-corrected chi connectivity index (χ3v) is 14.1. The molecule has 0 atom stereocenters. The Labute approximate surface area is 369 Å². The number of carbonyl (C=O) groups is 1. The Hall–Kier alpha value is -5.68. The summed E-state index contributed by atoms with van der Waals surface area (Å²) in [6.45, 7) is 8.78. The fraction of sp³-hybridized carbons (Fsp3) is 0.370. The number of allylic oxidation sites excluding steroid dienone is 1. The van der Waals surface area contributed by atoms with Crippen LogP contribution in [0.3, 0.4) is 0 Å². The van der Waals surface area contributed by atoms with Crippen LogP contribution in [0.1, 0.15) is 61.9 Å². The lowest BCUT2D eigenvalue weighted by atomic mass is 9.72. The topological polar surface area (TPSA) is 164 Å². The molecule has 6 aromatic rings. The van der Waals surface area contributed by atoms with E-state index in [1.165, 1.54) is 28.8 Å². The Morgan fingerprint density at radius 3 is 2.54 bits per heavy atom. The summed E-state index contributed by atoms with van der Waals surface area (Å²) in [5.41, 5.74) is 5.44. The average molecular weight is 895 g/mol. The molecular weight excluding hydrogens is 847 g/mol. The number of carbonyl (C=O) groups excluding carboxylic acids is 1. The summed E-state index contributed by atoms with van der Waals surface area (Å²) >= 11 is 6.25. The van der Waals surface area contributed by atoms with Crippen molar-refractivity contribution in [3.63, 3.8) is 0 Å². The predicted octanol–water partition coefficient (Wildman–Crippen LogP) is 8.76. The van der Waals surface area contributed by atoms with Crippen LogP contribution in [-0.4, -0.2) is 97.2 Å². The van der Waals surface area contributed by atoms with Crippen molar-refractivity contribution in [1.82, 2.24) is 29.4 Å². The van der Waals surface area contributed by atoms with Crippen molar-refractivity contribution in [1.29, 1.82) is 0 Å². The lowest BCUT2D eigenvalue weighted by molar-refractivity contribution is -0.0322. The van der Waals surface area contributed by atoms with Gasteiger partial charge in [-0.15, -0.1) is 4.91 Å². The number of H-pyrrole nitrogens is 1. The zero-order valence-electron chi connectivity index (χ0n) is 35.1. The van der Waals surface area contributed by atoms with Gasteiger partial charge in [0.1, 0.15) is 29.2 Å². The quantitative estimate of drug-likeness (QED) is 0.114. The molecule has 9 rings (SSSR count). The van der Waals surface area contributed by atoms with E-state index in [0.29, 0.717) is 22.4 Å². The number of halogens is 2. The molecule has 3 aromatic heterocycles. The first-order chi connectivity index (χ1) is 30.3. The number of aromatic nitrogens is 4. The number of piperazine rings is 1. The van der Waals surface area contributed by atoms with E-state index < -0.39 is 26.5 Å². The average Bonchev–Trinajstić information content (AvgIpc) is 3.92.